The molecule has 2 saturated heterocycles. The minimum absolute atomic E-state index is 0. The van der Waals surface area contributed by atoms with Gasteiger partial charge in [0, 0.05) is 0 Å². The van der Waals surface area contributed by atoms with E-state index in [0.717, 1.165) is 0 Å². The molecule has 2 aliphatic rings. The Labute approximate surface area is 153 Å². The van der Waals surface area contributed by atoms with Crippen LogP contribution in [0.3, 0.4) is 0 Å². The van der Waals surface area contributed by atoms with Gasteiger partial charge in [0.2, 0.25) is 0 Å². The number of ether oxygens (including phenoxy) is 1. The third kappa shape index (κ3) is 2.72. The molecule has 4 heterocycles. The SMILES string of the molecule is Nc1ncnc2c1ncn2[C@@H]1O[C@H](CO)[C@H]2OP(=O)(O)O[C@H]21.[H-].[Na+]. The van der Waals surface area contributed by atoms with E-state index < -0.39 is 32.4 Å². The molecule has 0 radical (unpaired) electrons. The van der Waals surface area contributed by atoms with Gasteiger partial charge < -0.3 is 21.9 Å². The van der Waals surface area contributed by atoms with Crippen LogP contribution in [0, 0.1) is 0 Å². The quantitative estimate of drug-likeness (QED) is 0.363. The van der Waals surface area contributed by atoms with E-state index in [0.29, 0.717) is 11.2 Å². The molecule has 2 aliphatic heterocycles. The Kier molecular flexibility index (Phi) is 4.51. The van der Waals surface area contributed by atoms with Crippen LogP contribution in [0.4, 0.5) is 5.82 Å². The number of nitrogens with zero attached hydrogens (tertiary/aromatic N) is 4. The van der Waals surface area contributed by atoms with Crippen LogP contribution in [0.5, 0.6) is 0 Å². The van der Waals surface area contributed by atoms with Crippen molar-refractivity contribution in [2.45, 2.75) is 24.5 Å². The number of hydrogen-bond donors (Lipinski definition) is 3. The van der Waals surface area contributed by atoms with E-state index in [2.05, 4.69) is 15.0 Å². The molecule has 4 N–H and O–H groups in total. The van der Waals surface area contributed by atoms with Crippen LogP contribution < -0.4 is 35.3 Å². The number of anilines is 1. The first-order chi connectivity index (χ1) is 10.5. The molecule has 11 nitrogen and oxygen atoms in total. The molecule has 0 amide bonds. The van der Waals surface area contributed by atoms with Gasteiger partial charge in [-0.25, -0.2) is 19.5 Å². The van der Waals surface area contributed by atoms with Crippen molar-refractivity contribution < 1.29 is 59.3 Å². The summed E-state index contributed by atoms with van der Waals surface area (Å²) in [6, 6.07) is 0. The normalized spacial score (nSPS) is 36.1. The Morgan fingerprint density at radius 2 is 2.09 bits per heavy atom. The average molecular weight is 353 g/mol. The Bertz CT molecular complexity index is 794. The third-order valence-electron chi connectivity index (χ3n) is 3.64. The van der Waals surface area contributed by atoms with Crippen LogP contribution in [-0.4, -0.2) is 54.4 Å². The average Bonchev–Trinajstić information content (AvgIpc) is 3.10. The second-order valence-corrected chi connectivity index (χ2v) is 6.30. The maximum absolute atomic E-state index is 11.6. The van der Waals surface area contributed by atoms with Crippen LogP contribution in [0.2, 0.25) is 0 Å². The number of aromatic nitrogens is 4. The molecule has 120 valence electrons. The largest absolute Gasteiger partial charge is 1.00 e. The number of nitrogen functional groups attached to an aromatic ring is 1. The fraction of sp³-hybridized carbons (Fsp3) is 0.500. The molecule has 2 aromatic heterocycles. The number of imidazole rings is 1. The molecule has 4 rings (SSSR count). The minimum atomic E-state index is -4.16. The van der Waals surface area contributed by atoms with Crippen molar-refractivity contribution in [1.29, 1.82) is 0 Å². The summed E-state index contributed by atoms with van der Waals surface area (Å²) < 4.78 is 28.8. The van der Waals surface area contributed by atoms with Gasteiger partial charge in [-0.3, -0.25) is 13.6 Å². The second-order valence-electron chi connectivity index (χ2n) is 4.94. The molecule has 1 unspecified atom stereocenters. The standard InChI is InChI=1S/C10H12N5O6P.Na.H/c11-8-5-9(13-2-12-8)15(3-14-5)10-7-6(4(1-16)19-10)20-22(17,18)21-7;;/h2-4,6-7,10,16H,1H2,(H,17,18)(H2,11,12,13);;/q;+1;-1/t4-,6-,7-,10-;;/m1../s1. The summed E-state index contributed by atoms with van der Waals surface area (Å²) in [7, 11) is -4.16. The molecule has 5 atom stereocenters. The van der Waals surface area contributed by atoms with Crippen molar-refractivity contribution in [1.82, 2.24) is 19.5 Å². The van der Waals surface area contributed by atoms with Gasteiger partial charge in [-0.2, -0.15) is 0 Å². The van der Waals surface area contributed by atoms with Crippen LogP contribution in [-0.2, 0) is 18.3 Å². The van der Waals surface area contributed by atoms with Crippen molar-refractivity contribution in [3.8, 4) is 0 Å². The summed E-state index contributed by atoms with van der Waals surface area (Å²) in [5.41, 5.74) is 6.49. The zero-order chi connectivity index (χ0) is 15.5. The predicted molar refractivity (Wildman–Crippen MR) is 71.4 cm³/mol. The monoisotopic (exact) mass is 353 g/mol. The molecular weight excluding hydrogens is 340 g/mol. The molecule has 0 bridgehead atoms. The zero-order valence-electron chi connectivity index (χ0n) is 13.0. The van der Waals surface area contributed by atoms with Gasteiger partial charge in [-0.05, 0) is 0 Å². The fourth-order valence-electron chi connectivity index (χ4n) is 2.71. The first-order valence-electron chi connectivity index (χ1n) is 6.39. The summed E-state index contributed by atoms with van der Waals surface area (Å²) in [4.78, 5) is 21.5. The van der Waals surface area contributed by atoms with E-state index in [1.165, 1.54) is 17.2 Å². The van der Waals surface area contributed by atoms with Gasteiger partial charge >= 0.3 is 37.4 Å². The van der Waals surface area contributed by atoms with Crippen LogP contribution in [0.15, 0.2) is 12.7 Å². The van der Waals surface area contributed by atoms with E-state index in [4.69, 9.17) is 19.5 Å². The van der Waals surface area contributed by atoms with Crippen molar-refractivity contribution in [3.63, 3.8) is 0 Å². The van der Waals surface area contributed by atoms with Crippen molar-refractivity contribution in [3.05, 3.63) is 12.7 Å². The number of hydrogen-bond acceptors (Lipinski definition) is 9. The number of aliphatic hydroxyl groups is 1. The van der Waals surface area contributed by atoms with Crippen LogP contribution in [0.1, 0.15) is 7.65 Å². The van der Waals surface area contributed by atoms with E-state index in [1.807, 2.05) is 0 Å². The van der Waals surface area contributed by atoms with Crippen molar-refractivity contribution in [2.24, 2.45) is 0 Å². The molecular formula is C10H13N5NaO6P. The van der Waals surface area contributed by atoms with E-state index in [1.54, 1.807) is 0 Å². The molecule has 2 fully saturated rings. The minimum Gasteiger partial charge on any atom is -1.00 e. The van der Waals surface area contributed by atoms with Gasteiger partial charge in [-0.15, -0.1) is 0 Å². The maximum Gasteiger partial charge on any atom is 1.00 e. The number of aliphatic hydroxyl groups excluding tert-OH is 1. The van der Waals surface area contributed by atoms with Gasteiger partial charge in [0.25, 0.3) is 0 Å². The van der Waals surface area contributed by atoms with E-state index in [-0.39, 0.29) is 43.4 Å². The first-order valence-corrected chi connectivity index (χ1v) is 7.88. The van der Waals surface area contributed by atoms with E-state index in [9.17, 15) is 14.6 Å². The molecule has 0 saturated carbocycles. The van der Waals surface area contributed by atoms with Crippen LogP contribution >= 0.6 is 7.82 Å². The number of fused-ring (bicyclic) bond motifs is 2. The van der Waals surface area contributed by atoms with Gasteiger partial charge in [0.15, 0.2) is 17.7 Å². The molecule has 0 spiro atoms. The van der Waals surface area contributed by atoms with Gasteiger partial charge in [0.05, 0.1) is 12.9 Å². The molecule has 0 aromatic carbocycles. The van der Waals surface area contributed by atoms with Gasteiger partial charge in [-0.1, -0.05) is 0 Å². The maximum atomic E-state index is 11.6. The molecule has 23 heavy (non-hydrogen) atoms. The summed E-state index contributed by atoms with van der Waals surface area (Å²) >= 11 is 0. The molecule has 2 aromatic rings. The fourth-order valence-corrected chi connectivity index (χ4v) is 3.85. The Morgan fingerprint density at radius 3 is 2.83 bits per heavy atom. The summed E-state index contributed by atoms with van der Waals surface area (Å²) in [6.45, 7) is -0.384. The second kappa shape index (κ2) is 6.03. The number of nitrogens with two attached hydrogens (primary N) is 1. The predicted octanol–water partition coefficient (Wildman–Crippen LogP) is -3.70. The van der Waals surface area contributed by atoms with Gasteiger partial charge in [0.1, 0.15) is 30.2 Å². The van der Waals surface area contributed by atoms with Crippen molar-refractivity contribution in [2.75, 3.05) is 12.3 Å². The van der Waals surface area contributed by atoms with E-state index >= 15 is 0 Å². The molecule has 0 aliphatic carbocycles. The zero-order valence-corrected chi connectivity index (χ0v) is 14.9. The Morgan fingerprint density at radius 1 is 1.35 bits per heavy atom. The third-order valence-corrected chi connectivity index (χ3v) is 4.66. The summed E-state index contributed by atoms with van der Waals surface area (Å²) in [5.74, 6) is 0.202. The number of phosphoric acid groups is 1. The number of rotatable bonds is 2. The van der Waals surface area contributed by atoms with Crippen LogP contribution in [0.25, 0.3) is 11.2 Å². The molecule has 13 heteroatoms. The van der Waals surface area contributed by atoms with Crippen molar-refractivity contribution >= 4 is 24.8 Å². The summed E-state index contributed by atoms with van der Waals surface area (Å²) in [6.07, 6.45) is -0.668. The smallest absolute Gasteiger partial charge is 1.00 e. The summed E-state index contributed by atoms with van der Waals surface area (Å²) in [5, 5.41) is 9.35. The topological polar surface area (TPSA) is 155 Å². The first kappa shape index (κ1) is 17.2. The number of phosphoric ester groups is 1. The Balaban J connectivity index is 0.00000104. The Hall–Kier alpha value is -0.620.